The van der Waals surface area contributed by atoms with Gasteiger partial charge in [0.15, 0.2) is 0 Å². The van der Waals surface area contributed by atoms with Gasteiger partial charge in [-0.15, -0.1) is 0 Å². The number of halogens is 1. The van der Waals surface area contributed by atoms with Gasteiger partial charge in [-0.2, -0.15) is 0 Å². The third kappa shape index (κ3) is 2.93. The van der Waals surface area contributed by atoms with Crippen molar-refractivity contribution < 1.29 is 9.32 Å². The minimum Gasteiger partial charge on any atom is -0.361 e. The lowest BCUT2D eigenvalue weighted by Crippen LogP contribution is -2.32. The fourth-order valence-corrected chi connectivity index (χ4v) is 3.91. The highest BCUT2D eigenvalue weighted by Crippen LogP contribution is 2.35. The van der Waals surface area contributed by atoms with E-state index in [-0.39, 0.29) is 11.9 Å². The maximum atomic E-state index is 12.5. The van der Waals surface area contributed by atoms with E-state index in [4.69, 9.17) is 16.1 Å². The molecule has 1 aliphatic carbocycles. The third-order valence-corrected chi connectivity index (χ3v) is 5.26. The first-order chi connectivity index (χ1) is 12.0. The second kappa shape index (κ2) is 6.23. The molecule has 0 radical (unpaired) electrons. The predicted molar refractivity (Wildman–Crippen MR) is 96.8 cm³/mol. The summed E-state index contributed by atoms with van der Waals surface area (Å²) in [6.07, 6.45) is 3.27. The van der Waals surface area contributed by atoms with Gasteiger partial charge in [0.1, 0.15) is 5.76 Å². The molecule has 0 saturated heterocycles. The van der Waals surface area contributed by atoms with Crippen LogP contribution in [-0.4, -0.2) is 16.0 Å². The molecule has 5 nitrogen and oxygen atoms in total. The first-order valence-electron chi connectivity index (χ1n) is 8.54. The molecule has 1 aliphatic rings. The number of carbonyl (C=O) groups excluding carboxylic acids is 1. The zero-order chi connectivity index (χ0) is 17.6. The van der Waals surface area contributed by atoms with E-state index >= 15 is 0 Å². The molecular weight excluding hydrogens is 338 g/mol. The summed E-state index contributed by atoms with van der Waals surface area (Å²) < 4.78 is 5.14. The quantitative estimate of drug-likeness (QED) is 0.739. The summed E-state index contributed by atoms with van der Waals surface area (Å²) in [5.74, 6) is 0.696. The highest BCUT2D eigenvalue weighted by atomic mass is 35.5. The number of hydrogen-bond acceptors (Lipinski definition) is 3. The monoisotopic (exact) mass is 357 g/mol. The maximum absolute atomic E-state index is 12.5. The molecule has 6 heteroatoms. The molecule has 0 saturated carbocycles. The molecular formula is C19H20ClN3O2. The molecule has 3 aromatic rings. The number of H-pyrrole nitrogens is 1. The van der Waals surface area contributed by atoms with E-state index in [2.05, 4.69) is 15.5 Å². The standard InChI is InChI=1S/C19H20ClN3O2/c1-10-14(11(2)25-23-10)9-18(24)21-17-5-3-4-13-15-8-12(20)6-7-16(15)22-19(13)17/h6-8,17,22H,3-5,9H2,1-2H3,(H,21,24)/t17-/m1/s1. The second-order valence-corrected chi connectivity index (χ2v) is 7.14. The van der Waals surface area contributed by atoms with Crippen LogP contribution in [0.15, 0.2) is 22.7 Å². The van der Waals surface area contributed by atoms with Crippen LogP contribution in [0.1, 0.15) is 47.2 Å². The lowest BCUT2D eigenvalue weighted by atomic mass is 9.91. The largest absolute Gasteiger partial charge is 0.361 e. The van der Waals surface area contributed by atoms with Gasteiger partial charge in [-0.1, -0.05) is 16.8 Å². The lowest BCUT2D eigenvalue weighted by molar-refractivity contribution is -0.121. The number of benzene rings is 1. The number of nitrogens with zero attached hydrogens (tertiary/aromatic N) is 1. The second-order valence-electron chi connectivity index (χ2n) is 6.70. The molecule has 2 heterocycles. The van der Waals surface area contributed by atoms with Crippen LogP contribution in [0.5, 0.6) is 0 Å². The molecule has 0 aliphatic heterocycles. The highest BCUT2D eigenvalue weighted by molar-refractivity contribution is 6.31. The Bertz CT molecular complexity index is 938. The van der Waals surface area contributed by atoms with Gasteiger partial charge in [-0.05, 0) is 56.9 Å². The van der Waals surface area contributed by atoms with Crippen LogP contribution in [0.3, 0.4) is 0 Å². The zero-order valence-corrected chi connectivity index (χ0v) is 15.0. The number of rotatable bonds is 3. The van der Waals surface area contributed by atoms with Gasteiger partial charge in [0, 0.05) is 27.2 Å². The summed E-state index contributed by atoms with van der Waals surface area (Å²) >= 11 is 6.15. The van der Waals surface area contributed by atoms with E-state index < -0.39 is 0 Å². The number of fused-ring (bicyclic) bond motifs is 3. The molecule has 25 heavy (non-hydrogen) atoms. The number of nitrogens with one attached hydrogen (secondary N) is 2. The van der Waals surface area contributed by atoms with E-state index in [9.17, 15) is 4.79 Å². The van der Waals surface area contributed by atoms with Crippen molar-refractivity contribution in [2.45, 2.75) is 45.6 Å². The topological polar surface area (TPSA) is 70.9 Å². The summed E-state index contributed by atoms with van der Waals surface area (Å²) in [7, 11) is 0. The van der Waals surface area contributed by atoms with E-state index in [1.54, 1.807) is 0 Å². The predicted octanol–water partition coefficient (Wildman–Crippen LogP) is 4.16. The highest BCUT2D eigenvalue weighted by Gasteiger charge is 2.26. The first-order valence-corrected chi connectivity index (χ1v) is 8.92. The van der Waals surface area contributed by atoms with Crippen LogP contribution in [0.25, 0.3) is 10.9 Å². The molecule has 0 fully saturated rings. The van der Waals surface area contributed by atoms with Gasteiger partial charge in [0.05, 0.1) is 18.2 Å². The molecule has 1 amide bonds. The summed E-state index contributed by atoms with van der Waals surface area (Å²) in [4.78, 5) is 16.0. The maximum Gasteiger partial charge on any atom is 0.225 e. The number of aromatic amines is 1. The first kappa shape index (κ1) is 16.2. The fraction of sp³-hybridized carbons (Fsp3) is 0.368. The van der Waals surface area contributed by atoms with Crippen LogP contribution in [-0.2, 0) is 17.6 Å². The van der Waals surface area contributed by atoms with E-state index in [0.29, 0.717) is 12.2 Å². The molecule has 1 atom stereocenters. The number of aromatic nitrogens is 2. The minimum absolute atomic E-state index is 0.00268. The van der Waals surface area contributed by atoms with Gasteiger partial charge in [-0.3, -0.25) is 4.79 Å². The molecule has 0 spiro atoms. The number of hydrogen-bond donors (Lipinski definition) is 2. The van der Waals surface area contributed by atoms with Crippen molar-refractivity contribution in [3.63, 3.8) is 0 Å². The van der Waals surface area contributed by atoms with Crippen molar-refractivity contribution in [1.82, 2.24) is 15.5 Å². The lowest BCUT2D eigenvalue weighted by Gasteiger charge is -2.24. The molecule has 4 rings (SSSR count). The van der Waals surface area contributed by atoms with Crippen LogP contribution in [0.4, 0.5) is 0 Å². The van der Waals surface area contributed by atoms with Crippen LogP contribution >= 0.6 is 11.6 Å². The van der Waals surface area contributed by atoms with Crippen LogP contribution < -0.4 is 5.32 Å². The molecule has 0 bridgehead atoms. The normalized spacial score (nSPS) is 16.8. The summed E-state index contributed by atoms with van der Waals surface area (Å²) in [6, 6.07) is 5.89. The SMILES string of the molecule is Cc1noc(C)c1CC(=O)N[C@@H]1CCCc2c1[nH]c1ccc(Cl)cc21. The molecule has 130 valence electrons. The molecule has 2 N–H and O–H groups in total. The Labute approximate surface area is 150 Å². The smallest absolute Gasteiger partial charge is 0.225 e. The van der Waals surface area contributed by atoms with Gasteiger partial charge >= 0.3 is 0 Å². The summed E-state index contributed by atoms with van der Waals surface area (Å²) in [6.45, 7) is 3.70. The zero-order valence-electron chi connectivity index (χ0n) is 14.3. The third-order valence-electron chi connectivity index (χ3n) is 5.02. The van der Waals surface area contributed by atoms with Gasteiger partial charge < -0.3 is 14.8 Å². The van der Waals surface area contributed by atoms with Crippen LogP contribution in [0.2, 0.25) is 5.02 Å². The van der Waals surface area contributed by atoms with E-state index in [0.717, 1.165) is 52.1 Å². The molecule has 1 aromatic carbocycles. The summed E-state index contributed by atoms with van der Waals surface area (Å²) in [5, 5.41) is 8.98. The Balaban J connectivity index is 1.59. The Morgan fingerprint density at radius 2 is 2.28 bits per heavy atom. The van der Waals surface area contributed by atoms with Crippen LogP contribution in [0, 0.1) is 13.8 Å². The minimum atomic E-state index is -0.0102. The van der Waals surface area contributed by atoms with Crippen molar-refractivity contribution >= 4 is 28.4 Å². The van der Waals surface area contributed by atoms with Gasteiger partial charge in [-0.25, -0.2) is 0 Å². The van der Waals surface area contributed by atoms with Gasteiger partial charge in [0.25, 0.3) is 0 Å². The molecule has 2 aromatic heterocycles. The average Bonchev–Trinajstić information content (AvgIpc) is 3.10. The number of aryl methyl sites for hydroxylation is 3. The Morgan fingerprint density at radius 3 is 3.04 bits per heavy atom. The van der Waals surface area contributed by atoms with Crippen molar-refractivity contribution in [2.75, 3.05) is 0 Å². The number of carbonyl (C=O) groups is 1. The summed E-state index contributed by atoms with van der Waals surface area (Å²) in [5.41, 5.74) is 5.09. The van der Waals surface area contributed by atoms with E-state index in [1.807, 2.05) is 32.0 Å². The average molecular weight is 358 g/mol. The van der Waals surface area contributed by atoms with Gasteiger partial charge in [0.2, 0.25) is 5.91 Å². The van der Waals surface area contributed by atoms with E-state index in [1.165, 1.54) is 5.56 Å². The molecule has 0 unspecified atom stereocenters. The van der Waals surface area contributed by atoms with Crippen molar-refractivity contribution in [2.24, 2.45) is 0 Å². The number of amides is 1. The Morgan fingerprint density at radius 1 is 1.44 bits per heavy atom. The Hall–Kier alpha value is -2.27. The fourth-order valence-electron chi connectivity index (χ4n) is 3.74. The Kier molecular flexibility index (Phi) is 4.04. The van der Waals surface area contributed by atoms with Crippen molar-refractivity contribution in [1.29, 1.82) is 0 Å². The van der Waals surface area contributed by atoms with Crippen molar-refractivity contribution in [3.8, 4) is 0 Å². The van der Waals surface area contributed by atoms with Crippen molar-refractivity contribution in [3.05, 3.63) is 51.5 Å².